The van der Waals surface area contributed by atoms with Crippen molar-refractivity contribution in [2.75, 3.05) is 0 Å². The van der Waals surface area contributed by atoms with Gasteiger partial charge in [-0.2, -0.15) is 0 Å². The van der Waals surface area contributed by atoms with E-state index in [-0.39, 0.29) is 0 Å². The van der Waals surface area contributed by atoms with Gasteiger partial charge in [-0.1, -0.05) is 0 Å². The molecule has 0 aromatic heterocycles. The molecule has 0 radical (unpaired) electrons. The van der Waals surface area contributed by atoms with E-state index in [1.165, 1.54) is 88.9 Å². The van der Waals surface area contributed by atoms with Crippen LogP contribution >= 0.6 is 0 Å². The Kier molecular flexibility index (Phi) is 9.86. The van der Waals surface area contributed by atoms with Crippen LogP contribution in [0.4, 0.5) is 0 Å². The van der Waals surface area contributed by atoms with Gasteiger partial charge in [-0.15, -0.1) is 0 Å². The molecule has 0 amide bonds. The predicted molar refractivity (Wildman–Crippen MR) is 241 cm³/mol. The second kappa shape index (κ2) is 14.9. The number of benzene rings is 7. The number of allylic oxidation sites excluding steroid dienone is 2. The SMILES string of the molecule is CCC[CH2][Zr]([CH2]CCC)([CH]1C=Cc2c(-c3cccc4ccccc34)cccc21)([CH]1C=Cc2c(-c3cccc4ccccc34)cccc21)[SiH](C)c1ccccc1. The quantitative estimate of drug-likeness (QED) is 0.108. The summed E-state index contributed by atoms with van der Waals surface area (Å²) in [5.41, 5.74) is 11.7. The molecule has 2 heteroatoms. The van der Waals surface area contributed by atoms with E-state index in [2.05, 4.69) is 196 Å². The maximum atomic E-state index is 2.83. The summed E-state index contributed by atoms with van der Waals surface area (Å²) in [5.74, 6) is -1.59. The molecule has 2 aliphatic rings. The van der Waals surface area contributed by atoms with Crippen molar-refractivity contribution in [3.8, 4) is 22.3 Å². The molecule has 0 spiro atoms. The van der Waals surface area contributed by atoms with Crippen LogP contribution in [0.3, 0.4) is 0 Å². The Morgan fingerprint density at radius 3 is 1.36 bits per heavy atom. The van der Waals surface area contributed by atoms with Crippen LogP contribution in [0.2, 0.25) is 14.8 Å². The molecule has 0 saturated carbocycles. The van der Waals surface area contributed by atoms with Gasteiger partial charge in [0.2, 0.25) is 0 Å². The van der Waals surface area contributed by atoms with Gasteiger partial charge in [0.25, 0.3) is 0 Å². The molecule has 3 unspecified atom stereocenters. The number of fused-ring (bicyclic) bond motifs is 4. The van der Waals surface area contributed by atoms with Crippen LogP contribution in [0.15, 0.2) is 164 Å². The summed E-state index contributed by atoms with van der Waals surface area (Å²) >= 11 is -4.23. The summed E-state index contributed by atoms with van der Waals surface area (Å²) in [7, 11) is 0. The second-order valence-electron chi connectivity index (χ2n) is 16.7. The first kappa shape index (κ1) is 36.3. The molecule has 0 saturated heterocycles. The van der Waals surface area contributed by atoms with Crippen molar-refractivity contribution in [3.63, 3.8) is 0 Å². The third kappa shape index (κ3) is 5.78. The molecule has 3 atom stereocenters. The molecule has 7 aromatic carbocycles. The van der Waals surface area contributed by atoms with Gasteiger partial charge in [0, 0.05) is 0 Å². The van der Waals surface area contributed by atoms with Crippen molar-refractivity contribution in [2.24, 2.45) is 0 Å². The van der Waals surface area contributed by atoms with Crippen molar-refractivity contribution in [3.05, 3.63) is 186 Å². The van der Waals surface area contributed by atoms with Gasteiger partial charge in [-0.25, -0.2) is 0 Å². The van der Waals surface area contributed by atoms with Crippen LogP contribution in [-0.4, -0.2) is 5.92 Å². The molecule has 55 heavy (non-hydrogen) atoms. The van der Waals surface area contributed by atoms with Crippen molar-refractivity contribution < 1.29 is 17.9 Å². The van der Waals surface area contributed by atoms with Crippen LogP contribution in [0, 0.1) is 0 Å². The van der Waals surface area contributed by atoms with Gasteiger partial charge in [-0.05, 0) is 0 Å². The fraction of sp³-hybridized carbons (Fsp3) is 0.208. The Morgan fingerprint density at radius 2 is 0.873 bits per heavy atom. The molecular formula is C53H53SiZr. The van der Waals surface area contributed by atoms with E-state index in [1.54, 1.807) is 16.3 Å². The Bertz CT molecular complexity index is 2410. The molecule has 2 aliphatic carbocycles. The average molecular weight is 809 g/mol. The van der Waals surface area contributed by atoms with Crippen LogP contribution in [0.1, 0.15) is 69.0 Å². The molecular weight excluding hydrogens is 756 g/mol. The Balaban J connectivity index is 1.32. The van der Waals surface area contributed by atoms with Crippen LogP contribution in [0.5, 0.6) is 0 Å². The monoisotopic (exact) mass is 807 g/mol. The Morgan fingerprint density at radius 1 is 0.455 bits per heavy atom. The molecule has 0 aliphatic heterocycles. The second-order valence-corrected chi connectivity index (χ2v) is 49.2. The van der Waals surface area contributed by atoms with Crippen LogP contribution in [0.25, 0.3) is 56.0 Å². The van der Waals surface area contributed by atoms with E-state index in [9.17, 15) is 0 Å². The first-order valence-electron chi connectivity index (χ1n) is 20.9. The molecule has 0 heterocycles. The standard InChI is InChI=1S/2C19H13.C7H9Si.2C4H9.Zr/c2*1-2-10-16-14(6-1)8-4-12-18(16)19-13-5-9-15-7-3-11-17(15)19;1-8-7-5-3-2-4-6-7;2*1-3-4-2;/h2*1-13H;2-6,8H,1H3;2*1,3-4H2,2H3;. The minimum absolute atomic E-state index is 0.494. The zero-order valence-corrected chi connectivity index (χ0v) is 36.3. The Hall–Kier alpha value is -4.36. The average Bonchev–Trinajstić information content (AvgIpc) is 3.90. The molecule has 0 fully saturated rings. The third-order valence-corrected chi connectivity index (χ3v) is 62.5. The van der Waals surface area contributed by atoms with Gasteiger partial charge in [0.1, 0.15) is 0 Å². The summed E-state index contributed by atoms with van der Waals surface area (Å²) < 4.78 is 3.82. The van der Waals surface area contributed by atoms with Crippen LogP contribution < -0.4 is 5.19 Å². The molecule has 273 valence electrons. The van der Waals surface area contributed by atoms with E-state index in [1.807, 2.05) is 0 Å². The van der Waals surface area contributed by atoms with E-state index in [4.69, 9.17) is 0 Å². The normalized spacial score (nSPS) is 17.3. The molecule has 7 aromatic rings. The number of hydrogen-bond donors (Lipinski definition) is 0. The Labute approximate surface area is 330 Å². The van der Waals surface area contributed by atoms with Gasteiger partial charge >= 0.3 is 333 Å². The summed E-state index contributed by atoms with van der Waals surface area (Å²) in [6, 6.07) is 58.2. The predicted octanol–water partition coefficient (Wildman–Crippen LogP) is 14.6. The summed E-state index contributed by atoms with van der Waals surface area (Å²) in [5, 5.41) is 6.99. The van der Waals surface area contributed by atoms with E-state index in [0.29, 0.717) is 7.25 Å². The van der Waals surface area contributed by atoms with E-state index >= 15 is 0 Å². The fourth-order valence-electron chi connectivity index (χ4n) is 11.7. The summed E-state index contributed by atoms with van der Waals surface area (Å²) in [6.45, 7) is 7.70. The first-order chi connectivity index (χ1) is 27.1. The van der Waals surface area contributed by atoms with Crippen molar-refractivity contribution >= 4 is 44.8 Å². The topological polar surface area (TPSA) is 0 Å². The number of rotatable bonds is 12. The van der Waals surface area contributed by atoms with E-state index in [0.717, 1.165) is 0 Å². The zero-order valence-electron chi connectivity index (χ0n) is 32.7. The first-order valence-corrected chi connectivity index (χ1v) is 33.8. The fourth-order valence-corrected chi connectivity index (χ4v) is 61.8. The maximum absolute atomic E-state index is 4.23. The molecule has 0 nitrogen and oxygen atoms in total. The molecule has 0 bridgehead atoms. The minimum atomic E-state index is -4.23. The third-order valence-electron chi connectivity index (χ3n) is 14.3. The van der Waals surface area contributed by atoms with Gasteiger partial charge in [-0.3, -0.25) is 0 Å². The molecule has 9 rings (SSSR count). The number of hydrogen-bond acceptors (Lipinski definition) is 0. The van der Waals surface area contributed by atoms with Crippen molar-refractivity contribution in [1.29, 1.82) is 0 Å². The molecule has 0 N–H and O–H groups in total. The van der Waals surface area contributed by atoms with Crippen LogP contribution in [-0.2, 0) is 17.9 Å². The van der Waals surface area contributed by atoms with E-state index < -0.39 is 23.9 Å². The van der Waals surface area contributed by atoms with Crippen molar-refractivity contribution in [2.45, 2.75) is 61.6 Å². The number of unbranched alkanes of at least 4 members (excludes halogenated alkanes) is 2. The van der Waals surface area contributed by atoms with Gasteiger partial charge in [0.05, 0.1) is 0 Å². The van der Waals surface area contributed by atoms with Gasteiger partial charge < -0.3 is 0 Å². The van der Waals surface area contributed by atoms with Crippen molar-refractivity contribution in [1.82, 2.24) is 0 Å². The summed E-state index contributed by atoms with van der Waals surface area (Å²) in [4.78, 5) is 0. The summed E-state index contributed by atoms with van der Waals surface area (Å²) in [6.07, 6.45) is 15.8. The zero-order chi connectivity index (χ0) is 37.4. The van der Waals surface area contributed by atoms with Gasteiger partial charge in [0.15, 0.2) is 0 Å².